The molecule has 0 saturated heterocycles. The maximum atomic E-state index is 14.1. The van der Waals surface area contributed by atoms with Gasteiger partial charge < -0.3 is 11.1 Å². The normalized spacial score (nSPS) is 23.8. The van der Waals surface area contributed by atoms with Gasteiger partial charge in [-0.2, -0.15) is 4.99 Å². The highest BCUT2D eigenvalue weighted by molar-refractivity contribution is 5.79. The maximum absolute atomic E-state index is 14.1. The topological polar surface area (TPSA) is 65.7 Å². The van der Waals surface area contributed by atoms with E-state index < -0.39 is 5.79 Å². The van der Waals surface area contributed by atoms with Gasteiger partial charge in [0.05, 0.1) is 12.2 Å². The van der Waals surface area contributed by atoms with E-state index in [2.05, 4.69) is 22.7 Å². The minimum Gasteiger partial charge on any atom is -0.368 e. The van der Waals surface area contributed by atoms with Gasteiger partial charge in [-0.3, -0.25) is 10.4 Å². The Hall–Kier alpha value is -2.31. The SMILES string of the molecule is C[C@H]1Cc2ccc(F)cc2[C@@H]1NC1=CN(C(C)(C)F)NC(N)=N1. The summed E-state index contributed by atoms with van der Waals surface area (Å²) in [4.78, 5) is 4.17. The zero-order valence-electron chi connectivity index (χ0n) is 13.4. The number of hydrogen-bond donors (Lipinski definition) is 3. The number of nitrogens with two attached hydrogens (primary N) is 1. The second-order valence-corrected chi connectivity index (χ2v) is 6.55. The molecule has 7 heteroatoms. The molecule has 0 aromatic heterocycles. The van der Waals surface area contributed by atoms with E-state index in [1.165, 1.54) is 31.1 Å². The predicted molar refractivity (Wildman–Crippen MR) is 85.0 cm³/mol. The first-order valence-corrected chi connectivity index (χ1v) is 7.60. The lowest BCUT2D eigenvalue weighted by molar-refractivity contribution is 0.0140. The van der Waals surface area contributed by atoms with Crippen molar-refractivity contribution in [2.75, 3.05) is 0 Å². The van der Waals surface area contributed by atoms with E-state index in [9.17, 15) is 8.78 Å². The fraction of sp³-hybridized carbons (Fsp3) is 0.438. The lowest BCUT2D eigenvalue weighted by Gasteiger charge is -2.34. The third-order valence-electron chi connectivity index (χ3n) is 4.16. The lowest BCUT2D eigenvalue weighted by atomic mass is 10.0. The Morgan fingerprint density at radius 1 is 1.43 bits per heavy atom. The van der Waals surface area contributed by atoms with Gasteiger partial charge in [0.15, 0.2) is 5.79 Å². The van der Waals surface area contributed by atoms with Gasteiger partial charge >= 0.3 is 0 Å². The number of nitrogens with zero attached hydrogens (tertiary/aromatic N) is 2. The number of guanidine groups is 1. The highest BCUT2D eigenvalue weighted by Crippen LogP contribution is 2.37. The zero-order chi connectivity index (χ0) is 16.8. The van der Waals surface area contributed by atoms with Crippen LogP contribution in [-0.4, -0.2) is 16.8 Å². The first-order valence-electron chi connectivity index (χ1n) is 7.60. The van der Waals surface area contributed by atoms with Crippen molar-refractivity contribution in [1.82, 2.24) is 15.8 Å². The lowest BCUT2D eigenvalue weighted by Crippen LogP contribution is -2.53. The first-order chi connectivity index (χ1) is 10.7. The second kappa shape index (κ2) is 5.40. The molecule has 0 unspecified atom stereocenters. The molecule has 1 heterocycles. The summed E-state index contributed by atoms with van der Waals surface area (Å²) in [5, 5.41) is 4.52. The Bertz CT molecular complexity index is 678. The van der Waals surface area contributed by atoms with Gasteiger partial charge in [-0.1, -0.05) is 13.0 Å². The molecule has 1 aromatic carbocycles. The number of aliphatic imine (C=N–C) groups is 1. The van der Waals surface area contributed by atoms with Crippen LogP contribution in [0.1, 0.15) is 37.9 Å². The molecule has 0 fully saturated rings. The van der Waals surface area contributed by atoms with Crippen LogP contribution in [0.15, 0.2) is 35.2 Å². The highest BCUT2D eigenvalue weighted by atomic mass is 19.1. The Kier molecular flexibility index (Phi) is 3.66. The van der Waals surface area contributed by atoms with Crippen molar-refractivity contribution in [2.45, 2.75) is 39.0 Å². The molecule has 124 valence electrons. The molecule has 1 aliphatic carbocycles. The van der Waals surface area contributed by atoms with E-state index in [0.29, 0.717) is 5.82 Å². The summed E-state index contributed by atoms with van der Waals surface area (Å²) in [6.07, 6.45) is 2.39. The van der Waals surface area contributed by atoms with Gasteiger partial charge in [-0.25, -0.2) is 8.78 Å². The summed E-state index contributed by atoms with van der Waals surface area (Å²) in [5.74, 6) is -1.09. The standard InChI is InChI=1S/C16H21F2N5/c1-9-6-10-4-5-11(17)7-12(10)14(9)20-13-8-23(16(2,3)18)22-15(19)21-13/h4-5,7-9,14,20H,6H2,1-3H3,(H3,19,21,22)/t9-,14+/m0/s1. The molecule has 0 spiro atoms. The van der Waals surface area contributed by atoms with E-state index in [4.69, 9.17) is 5.73 Å². The summed E-state index contributed by atoms with van der Waals surface area (Å²) in [7, 11) is 0. The minimum absolute atomic E-state index is 0.0915. The molecule has 3 rings (SSSR count). The van der Waals surface area contributed by atoms with Crippen LogP contribution in [-0.2, 0) is 6.42 Å². The van der Waals surface area contributed by atoms with Gasteiger partial charge in [0.25, 0.3) is 0 Å². The summed E-state index contributed by atoms with van der Waals surface area (Å²) < 4.78 is 27.7. The monoisotopic (exact) mass is 321 g/mol. The molecule has 1 aliphatic heterocycles. The summed E-state index contributed by atoms with van der Waals surface area (Å²) in [6, 6.07) is 4.74. The van der Waals surface area contributed by atoms with Crippen molar-refractivity contribution in [2.24, 2.45) is 16.6 Å². The van der Waals surface area contributed by atoms with E-state index >= 15 is 0 Å². The molecule has 2 aliphatic rings. The Morgan fingerprint density at radius 3 is 2.87 bits per heavy atom. The average molecular weight is 321 g/mol. The first kappa shape index (κ1) is 15.6. The number of benzene rings is 1. The molecule has 0 amide bonds. The average Bonchev–Trinajstić information content (AvgIpc) is 2.73. The van der Waals surface area contributed by atoms with E-state index in [-0.39, 0.29) is 23.7 Å². The van der Waals surface area contributed by atoms with Crippen molar-refractivity contribution in [3.05, 3.63) is 47.2 Å². The van der Waals surface area contributed by atoms with Gasteiger partial charge in [0.2, 0.25) is 5.96 Å². The van der Waals surface area contributed by atoms with Gasteiger partial charge in [0.1, 0.15) is 11.6 Å². The van der Waals surface area contributed by atoms with Crippen LogP contribution in [0.25, 0.3) is 0 Å². The van der Waals surface area contributed by atoms with Gasteiger partial charge in [-0.15, -0.1) is 0 Å². The molecule has 2 atom stereocenters. The number of hydrogen-bond acceptors (Lipinski definition) is 5. The second-order valence-electron chi connectivity index (χ2n) is 6.55. The summed E-state index contributed by atoms with van der Waals surface area (Å²) in [5.41, 5.74) is 10.4. The highest BCUT2D eigenvalue weighted by Gasteiger charge is 2.32. The fourth-order valence-corrected chi connectivity index (χ4v) is 3.01. The van der Waals surface area contributed by atoms with Gasteiger partial charge in [0, 0.05) is 0 Å². The van der Waals surface area contributed by atoms with Crippen LogP contribution in [0.2, 0.25) is 0 Å². The number of rotatable bonds is 3. The van der Waals surface area contributed by atoms with E-state index in [0.717, 1.165) is 17.5 Å². The van der Waals surface area contributed by atoms with Crippen LogP contribution in [0.3, 0.4) is 0 Å². The number of nitrogens with one attached hydrogen (secondary N) is 2. The molecule has 0 bridgehead atoms. The third kappa shape index (κ3) is 3.09. The summed E-state index contributed by atoms with van der Waals surface area (Å²) in [6.45, 7) is 4.91. The molecular formula is C16H21F2N5. The van der Waals surface area contributed by atoms with Gasteiger partial charge in [-0.05, 0) is 49.4 Å². The molecule has 5 nitrogen and oxygen atoms in total. The van der Waals surface area contributed by atoms with E-state index in [1.54, 1.807) is 6.07 Å². The molecule has 23 heavy (non-hydrogen) atoms. The van der Waals surface area contributed by atoms with Crippen molar-refractivity contribution in [1.29, 1.82) is 0 Å². The van der Waals surface area contributed by atoms with E-state index in [1.807, 2.05) is 6.07 Å². The number of halogens is 2. The molecule has 0 saturated carbocycles. The number of alkyl halides is 1. The fourth-order valence-electron chi connectivity index (χ4n) is 3.01. The quantitative estimate of drug-likeness (QED) is 0.747. The van der Waals surface area contributed by atoms with Crippen molar-refractivity contribution in [3.8, 4) is 0 Å². The molecular weight excluding hydrogens is 300 g/mol. The van der Waals surface area contributed by atoms with Crippen molar-refractivity contribution in [3.63, 3.8) is 0 Å². The molecule has 1 aromatic rings. The van der Waals surface area contributed by atoms with Crippen LogP contribution in [0, 0.1) is 11.7 Å². The zero-order valence-corrected chi connectivity index (χ0v) is 13.4. The molecule has 0 radical (unpaired) electrons. The maximum Gasteiger partial charge on any atom is 0.214 e. The van der Waals surface area contributed by atoms with Crippen LogP contribution in [0.5, 0.6) is 0 Å². The van der Waals surface area contributed by atoms with Crippen molar-refractivity contribution >= 4 is 5.96 Å². The predicted octanol–water partition coefficient (Wildman–Crippen LogP) is 2.29. The van der Waals surface area contributed by atoms with Crippen LogP contribution in [0.4, 0.5) is 8.78 Å². The largest absolute Gasteiger partial charge is 0.368 e. The number of fused-ring (bicyclic) bond motifs is 1. The molecule has 4 N–H and O–H groups in total. The third-order valence-corrected chi connectivity index (χ3v) is 4.16. The minimum atomic E-state index is -1.64. The summed E-state index contributed by atoms with van der Waals surface area (Å²) >= 11 is 0. The Labute approximate surface area is 134 Å². The van der Waals surface area contributed by atoms with Crippen LogP contribution >= 0.6 is 0 Å². The van der Waals surface area contributed by atoms with Crippen LogP contribution < -0.4 is 16.5 Å². The Morgan fingerprint density at radius 2 is 2.17 bits per heavy atom. The smallest absolute Gasteiger partial charge is 0.214 e. The number of hydrazine groups is 1. The Balaban J connectivity index is 1.87. The van der Waals surface area contributed by atoms with Crippen molar-refractivity contribution < 1.29 is 8.78 Å².